The van der Waals surface area contributed by atoms with Crippen molar-refractivity contribution in [1.82, 2.24) is 4.98 Å². The Kier molecular flexibility index (Phi) is 9.88. The van der Waals surface area contributed by atoms with Gasteiger partial charge in [0.25, 0.3) is 0 Å². The maximum Gasteiger partial charge on any atom is 0.232 e. The van der Waals surface area contributed by atoms with Gasteiger partial charge in [-0.3, -0.25) is 0 Å². The summed E-state index contributed by atoms with van der Waals surface area (Å²) in [6.07, 6.45) is 1.47. The average molecular weight is 497 g/mol. The van der Waals surface area contributed by atoms with E-state index in [1.165, 1.54) is 6.20 Å². The number of anilines is 1. The number of nitrogens with zero attached hydrogens (tertiary/aromatic N) is 2. The second-order valence-electron chi connectivity index (χ2n) is 4.77. The van der Waals surface area contributed by atoms with Crippen molar-refractivity contribution in [1.29, 1.82) is 0 Å². The van der Waals surface area contributed by atoms with E-state index in [-0.39, 0.29) is 36.5 Å². The molecule has 3 N–H and O–H groups in total. The maximum atomic E-state index is 5.97. The minimum Gasteiger partial charge on any atom is -0.475 e. The molecular formula is C16H19Cl2IN4O2. The van der Waals surface area contributed by atoms with E-state index in [0.717, 1.165) is 11.3 Å². The Bertz CT molecular complexity index is 716. The molecule has 136 valence electrons. The van der Waals surface area contributed by atoms with Crippen LogP contribution in [0.4, 0.5) is 5.69 Å². The number of nitrogens with two attached hydrogens (primary N) is 1. The minimum absolute atomic E-state index is 0. The number of methoxy groups -OCH3 is 1. The first-order chi connectivity index (χ1) is 11.6. The molecule has 0 fully saturated rings. The third kappa shape index (κ3) is 7.23. The molecule has 2 aromatic rings. The largest absolute Gasteiger partial charge is 0.475 e. The molecule has 0 radical (unpaired) electrons. The summed E-state index contributed by atoms with van der Waals surface area (Å²) in [6.45, 7) is 1.13. The van der Waals surface area contributed by atoms with Crippen LogP contribution in [0.3, 0.4) is 0 Å². The molecule has 0 aliphatic carbocycles. The summed E-state index contributed by atoms with van der Waals surface area (Å²) in [6, 6.07) is 9.27. The normalized spacial score (nSPS) is 10.9. The molecule has 1 aromatic carbocycles. The number of nitrogens with one attached hydrogen (secondary N) is 1. The number of halogens is 3. The monoisotopic (exact) mass is 496 g/mol. The number of rotatable bonds is 7. The predicted octanol–water partition coefficient (Wildman–Crippen LogP) is 3.96. The summed E-state index contributed by atoms with van der Waals surface area (Å²) >= 11 is 11.7. The molecule has 25 heavy (non-hydrogen) atoms. The third-order valence-corrected chi connectivity index (χ3v) is 3.44. The fourth-order valence-corrected chi connectivity index (χ4v) is 2.35. The van der Waals surface area contributed by atoms with Gasteiger partial charge >= 0.3 is 0 Å². The summed E-state index contributed by atoms with van der Waals surface area (Å²) in [5.74, 6) is 0.602. The summed E-state index contributed by atoms with van der Waals surface area (Å²) < 4.78 is 10.6. The lowest BCUT2D eigenvalue weighted by atomic mass is 10.2. The Balaban J connectivity index is 0.00000312. The predicted molar refractivity (Wildman–Crippen MR) is 112 cm³/mol. The summed E-state index contributed by atoms with van der Waals surface area (Å²) in [5, 5.41) is 3.85. The number of aromatic nitrogens is 1. The topological polar surface area (TPSA) is 81.8 Å². The van der Waals surface area contributed by atoms with Gasteiger partial charge in [0.1, 0.15) is 11.6 Å². The van der Waals surface area contributed by atoms with Crippen LogP contribution in [0.1, 0.15) is 5.56 Å². The van der Waals surface area contributed by atoms with Crippen LogP contribution in [0.5, 0.6) is 5.88 Å². The van der Waals surface area contributed by atoms with Crippen LogP contribution in [0.25, 0.3) is 0 Å². The molecule has 0 aliphatic heterocycles. The van der Waals surface area contributed by atoms with Gasteiger partial charge in [-0.25, -0.2) is 9.98 Å². The van der Waals surface area contributed by atoms with Crippen molar-refractivity contribution < 1.29 is 9.47 Å². The van der Waals surface area contributed by atoms with E-state index >= 15 is 0 Å². The van der Waals surface area contributed by atoms with Gasteiger partial charge in [-0.15, -0.1) is 24.0 Å². The maximum absolute atomic E-state index is 5.97. The van der Waals surface area contributed by atoms with E-state index in [0.29, 0.717) is 29.1 Å². The molecule has 0 saturated carbocycles. The molecule has 0 saturated heterocycles. The highest BCUT2D eigenvalue weighted by Crippen LogP contribution is 2.24. The van der Waals surface area contributed by atoms with E-state index < -0.39 is 0 Å². The lowest BCUT2D eigenvalue weighted by Gasteiger charge is -2.11. The van der Waals surface area contributed by atoms with Gasteiger partial charge in [0, 0.05) is 24.6 Å². The summed E-state index contributed by atoms with van der Waals surface area (Å²) in [4.78, 5) is 8.20. The highest BCUT2D eigenvalue weighted by Gasteiger charge is 2.04. The van der Waals surface area contributed by atoms with Crippen molar-refractivity contribution in [2.24, 2.45) is 10.7 Å². The molecule has 0 bridgehead atoms. The first-order valence-corrected chi connectivity index (χ1v) is 7.93. The number of hydrogen-bond acceptors (Lipinski definition) is 4. The van der Waals surface area contributed by atoms with Crippen molar-refractivity contribution in [3.63, 3.8) is 0 Å². The molecule has 0 aliphatic rings. The molecule has 0 unspecified atom stereocenters. The Morgan fingerprint density at radius 2 is 2.08 bits per heavy atom. The Morgan fingerprint density at radius 3 is 2.80 bits per heavy atom. The van der Waals surface area contributed by atoms with Crippen LogP contribution >= 0.6 is 47.2 Å². The van der Waals surface area contributed by atoms with Crippen LogP contribution in [-0.4, -0.2) is 31.2 Å². The van der Waals surface area contributed by atoms with Crippen LogP contribution in [0.2, 0.25) is 10.0 Å². The van der Waals surface area contributed by atoms with Crippen LogP contribution in [0.15, 0.2) is 41.5 Å². The fourth-order valence-electron chi connectivity index (χ4n) is 1.92. The first kappa shape index (κ1) is 21.8. The second kappa shape index (κ2) is 11.3. The van der Waals surface area contributed by atoms with Crippen LogP contribution in [-0.2, 0) is 11.3 Å². The summed E-state index contributed by atoms with van der Waals surface area (Å²) in [7, 11) is 1.64. The van der Waals surface area contributed by atoms with Gasteiger partial charge in [-0.2, -0.15) is 0 Å². The SMILES string of the molecule is COCc1ccccc1NC(N)=NCCOc1ncc(Cl)cc1Cl.I. The van der Waals surface area contributed by atoms with E-state index in [2.05, 4.69) is 15.3 Å². The van der Waals surface area contributed by atoms with Crippen molar-refractivity contribution in [3.05, 3.63) is 52.1 Å². The van der Waals surface area contributed by atoms with Crippen molar-refractivity contribution in [2.75, 3.05) is 25.6 Å². The Morgan fingerprint density at radius 1 is 1.32 bits per heavy atom. The van der Waals surface area contributed by atoms with Gasteiger partial charge in [0.05, 0.1) is 18.2 Å². The molecule has 0 amide bonds. The quantitative estimate of drug-likeness (QED) is 0.262. The van der Waals surface area contributed by atoms with Gasteiger partial charge in [0.15, 0.2) is 5.96 Å². The number of pyridine rings is 1. The zero-order valence-electron chi connectivity index (χ0n) is 13.5. The first-order valence-electron chi connectivity index (χ1n) is 7.17. The lowest BCUT2D eigenvalue weighted by Crippen LogP contribution is -2.24. The molecule has 6 nitrogen and oxygen atoms in total. The second-order valence-corrected chi connectivity index (χ2v) is 5.61. The fraction of sp³-hybridized carbons (Fsp3) is 0.250. The van der Waals surface area contributed by atoms with Crippen molar-refractivity contribution in [2.45, 2.75) is 6.61 Å². The van der Waals surface area contributed by atoms with E-state index in [4.69, 9.17) is 38.4 Å². The molecule has 0 spiro atoms. The highest BCUT2D eigenvalue weighted by molar-refractivity contribution is 14.0. The zero-order valence-corrected chi connectivity index (χ0v) is 17.4. The third-order valence-electron chi connectivity index (χ3n) is 2.97. The molecule has 1 heterocycles. The van der Waals surface area contributed by atoms with E-state index in [1.54, 1.807) is 13.2 Å². The number of hydrogen-bond donors (Lipinski definition) is 2. The molecule has 2 rings (SSSR count). The molecular weight excluding hydrogens is 478 g/mol. The standard InChI is InChI=1S/C16H18Cl2N4O2.HI/c1-23-10-11-4-2-3-5-14(11)22-16(19)20-6-7-24-15-13(18)8-12(17)9-21-15;/h2-5,8-9H,6-7,10H2,1H3,(H3,19,20,22);1H. The van der Waals surface area contributed by atoms with Crippen LogP contribution in [0, 0.1) is 0 Å². The van der Waals surface area contributed by atoms with Gasteiger partial charge in [0.2, 0.25) is 5.88 Å². The smallest absolute Gasteiger partial charge is 0.232 e. The summed E-state index contributed by atoms with van der Waals surface area (Å²) in [5.41, 5.74) is 7.73. The van der Waals surface area contributed by atoms with Gasteiger partial charge < -0.3 is 20.5 Å². The van der Waals surface area contributed by atoms with Gasteiger partial charge in [-0.1, -0.05) is 41.4 Å². The van der Waals surface area contributed by atoms with E-state index in [1.807, 2.05) is 24.3 Å². The highest BCUT2D eigenvalue weighted by atomic mass is 127. The molecule has 1 aromatic heterocycles. The Labute approximate surface area is 173 Å². The number of ether oxygens (including phenoxy) is 2. The number of aliphatic imine (C=N–C) groups is 1. The van der Waals surface area contributed by atoms with Gasteiger partial charge in [-0.05, 0) is 12.1 Å². The Hall–Kier alpha value is -1.29. The molecule has 9 heteroatoms. The minimum atomic E-state index is 0. The number of guanidine groups is 1. The average Bonchev–Trinajstić information content (AvgIpc) is 2.55. The zero-order chi connectivity index (χ0) is 17.4. The van der Waals surface area contributed by atoms with Crippen molar-refractivity contribution >= 4 is 58.8 Å². The van der Waals surface area contributed by atoms with Crippen molar-refractivity contribution in [3.8, 4) is 5.88 Å². The molecule has 0 atom stereocenters. The number of para-hydroxylation sites is 1. The lowest BCUT2D eigenvalue weighted by molar-refractivity contribution is 0.185. The van der Waals surface area contributed by atoms with E-state index in [9.17, 15) is 0 Å². The number of benzene rings is 1. The van der Waals surface area contributed by atoms with Crippen LogP contribution < -0.4 is 15.8 Å².